The van der Waals surface area contributed by atoms with Gasteiger partial charge < -0.3 is 23.9 Å². The average molecular weight is 831 g/mol. The number of rotatable bonds is 5. The summed E-state index contributed by atoms with van der Waals surface area (Å²) in [5.41, 5.74) is 6.69. The number of aromatic nitrogens is 5. The Morgan fingerprint density at radius 2 is 1.52 bits per heavy atom. The van der Waals surface area contributed by atoms with E-state index in [9.17, 15) is 0 Å². The van der Waals surface area contributed by atoms with Crippen molar-refractivity contribution in [2.75, 3.05) is 4.90 Å². The Morgan fingerprint density at radius 1 is 0.740 bits per heavy atom. The second-order valence-electron chi connectivity index (χ2n) is 13.2. The van der Waals surface area contributed by atoms with Gasteiger partial charge in [-0.15, -0.1) is 41.3 Å². The van der Waals surface area contributed by atoms with E-state index in [4.69, 9.17) is 14.8 Å². The van der Waals surface area contributed by atoms with Crippen molar-refractivity contribution in [3.63, 3.8) is 0 Å². The molecule has 7 nitrogen and oxygen atoms in total. The van der Waals surface area contributed by atoms with Gasteiger partial charge in [-0.25, -0.2) is 4.98 Å². The van der Waals surface area contributed by atoms with Crippen LogP contribution in [0.15, 0.2) is 128 Å². The number of hydrogen-bond acceptors (Lipinski definition) is 5. The minimum absolute atomic E-state index is 0. The van der Waals surface area contributed by atoms with Crippen molar-refractivity contribution >= 4 is 33.2 Å². The second kappa shape index (κ2) is 12.3. The van der Waals surface area contributed by atoms with Crippen LogP contribution in [0.2, 0.25) is 0 Å². The fourth-order valence-electron chi connectivity index (χ4n) is 6.46. The van der Waals surface area contributed by atoms with E-state index in [-0.39, 0.29) is 26.5 Å². The number of anilines is 2. The maximum Gasteiger partial charge on any atom is 0.160 e. The van der Waals surface area contributed by atoms with Gasteiger partial charge in [-0.2, -0.15) is 11.2 Å². The van der Waals surface area contributed by atoms with E-state index >= 15 is 0 Å². The molecule has 0 unspecified atom stereocenters. The second-order valence-corrected chi connectivity index (χ2v) is 13.2. The van der Waals surface area contributed by atoms with Gasteiger partial charge >= 0.3 is 0 Å². The van der Waals surface area contributed by atoms with Crippen molar-refractivity contribution in [2.24, 2.45) is 0 Å². The maximum absolute atomic E-state index is 6.64. The number of nitrogens with zero attached hydrogens (tertiary/aromatic N) is 6. The normalized spacial score (nSPS) is 12.3. The van der Waals surface area contributed by atoms with Gasteiger partial charge in [-0.3, -0.25) is 0 Å². The van der Waals surface area contributed by atoms with Crippen molar-refractivity contribution in [3.8, 4) is 40.1 Å². The van der Waals surface area contributed by atoms with E-state index in [1.807, 2.05) is 90.3 Å². The Hall–Kier alpha value is -5.65. The van der Waals surface area contributed by atoms with Crippen LogP contribution >= 0.6 is 0 Å². The molecule has 0 spiro atoms. The van der Waals surface area contributed by atoms with Crippen LogP contribution in [-0.2, 0) is 26.5 Å². The molecule has 8 heteroatoms. The molecule has 3 aromatic heterocycles. The number of hydrogen-bond donors (Lipinski definition) is 0. The van der Waals surface area contributed by atoms with Crippen molar-refractivity contribution in [3.05, 3.63) is 152 Å². The number of pyridine rings is 1. The fourth-order valence-corrected chi connectivity index (χ4v) is 6.46. The molecule has 9 rings (SSSR count). The molecule has 248 valence electrons. The summed E-state index contributed by atoms with van der Waals surface area (Å²) in [4.78, 5) is 11.7. The monoisotopic (exact) mass is 830 g/mol. The van der Waals surface area contributed by atoms with E-state index in [0.29, 0.717) is 17.3 Å². The van der Waals surface area contributed by atoms with Gasteiger partial charge in [0.1, 0.15) is 5.82 Å². The first-order valence-electron chi connectivity index (χ1n) is 16.3. The molecular formula is C42H31N6OPt-3. The third-order valence-corrected chi connectivity index (χ3v) is 8.90. The first kappa shape index (κ1) is 31.6. The summed E-state index contributed by atoms with van der Waals surface area (Å²) in [5, 5.41) is 7.11. The average Bonchev–Trinajstić information content (AvgIpc) is 3.71. The van der Waals surface area contributed by atoms with E-state index in [2.05, 4.69) is 95.9 Å². The molecule has 0 bridgehead atoms. The summed E-state index contributed by atoms with van der Waals surface area (Å²) < 4.78 is 10.6. The predicted molar refractivity (Wildman–Crippen MR) is 194 cm³/mol. The minimum Gasteiger partial charge on any atom is -0.509 e. The zero-order valence-electron chi connectivity index (χ0n) is 27.6. The number of benzene rings is 5. The van der Waals surface area contributed by atoms with Crippen LogP contribution in [-0.4, -0.2) is 24.3 Å². The van der Waals surface area contributed by atoms with Gasteiger partial charge in [-0.05, 0) is 40.6 Å². The molecule has 0 fully saturated rings. The molecule has 0 saturated heterocycles. The van der Waals surface area contributed by atoms with Crippen LogP contribution in [0.3, 0.4) is 0 Å². The molecule has 4 heterocycles. The molecular weight excluding hydrogens is 800 g/mol. The van der Waals surface area contributed by atoms with Crippen molar-refractivity contribution < 1.29 is 25.8 Å². The molecule has 8 aromatic rings. The van der Waals surface area contributed by atoms with Gasteiger partial charge in [0.15, 0.2) is 5.82 Å². The first-order chi connectivity index (χ1) is 23.9. The fraction of sp³-hybridized carbons (Fsp3) is 0.0952. The molecule has 1 aliphatic rings. The smallest absolute Gasteiger partial charge is 0.160 e. The first-order valence-corrected chi connectivity index (χ1v) is 16.3. The van der Waals surface area contributed by atoms with Crippen molar-refractivity contribution in [2.45, 2.75) is 26.2 Å². The Labute approximate surface area is 305 Å². The Balaban J connectivity index is 0.00000361. The minimum atomic E-state index is -0.158. The summed E-state index contributed by atoms with van der Waals surface area (Å²) >= 11 is 0. The summed E-state index contributed by atoms with van der Waals surface area (Å²) in [6.45, 7) is 8.58. The maximum atomic E-state index is 6.64. The summed E-state index contributed by atoms with van der Waals surface area (Å²) in [5.74, 6) is 3.48. The Bertz CT molecular complexity index is 2500. The largest absolute Gasteiger partial charge is 0.509 e. The van der Waals surface area contributed by atoms with E-state index < -0.39 is 0 Å². The molecule has 0 amide bonds. The topological polar surface area (TPSA) is 61.0 Å². The SMILES string of the molecule is CC(C)(C)c1cc(Oc2[c-]c3c(cc2)c2ccccc2n3-c2ccccn2)[c-]c(N2[CH-]n3nc(-c4ccccc4)nc3-c3ccccc32)c1.[Pt]. The molecule has 1 aliphatic heterocycles. The van der Waals surface area contributed by atoms with E-state index in [0.717, 1.165) is 61.5 Å². The Morgan fingerprint density at radius 3 is 2.34 bits per heavy atom. The molecule has 0 N–H and O–H groups in total. The summed E-state index contributed by atoms with van der Waals surface area (Å²) in [6, 6.07) is 48.1. The van der Waals surface area contributed by atoms with Crippen LogP contribution < -0.4 is 9.64 Å². The number of fused-ring (bicyclic) bond motifs is 6. The van der Waals surface area contributed by atoms with E-state index in [1.54, 1.807) is 0 Å². The van der Waals surface area contributed by atoms with Crippen LogP contribution in [0, 0.1) is 18.8 Å². The molecule has 50 heavy (non-hydrogen) atoms. The summed E-state index contributed by atoms with van der Waals surface area (Å²) in [6.07, 6.45) is 1.81. The molecule has 0 radical (unpaired) electrons. The van der Waals surface area contributed by atoms with E-state index in [1.165, 1.54) is 0 Å². The summed E-state index contributed by atoms with van der Waals surface area (Å²) in [7, 11) is 0. The van der Waals surface area contributed by atoms with Crippen LogP contribution in [0.4, 0.5) is 11.4 Å². The molecule has 5 aromatic carbocycles. The van der Waals surface area contributed by atoms with Crippen LogP contribution in [0.25, 0.3) is 50.4 Å². The quantitative estimate of drug-likeness (QED) is 0.162. The third-order valence-electron chi connectivity index (χ3n) is 8.90. The van der Waals surface area contributed by atoms with Crippen LogP contribution in [0.5, 0.6) is 11.5 Å². The van der Waals surface area contributed by atoms with Gasteiger partial charge in [0, 0.05) is 61.4 Å². The van der Waals surface area contributed by atoms with Gasteiger partial charge in [0.25, 0.3) is 0 Å². The molecule has 0 atom stereocenters. The van der Waals surface area contributed by atoms with Gasteiger partial charge in [-0.1, -0.05) is 111 Å². The van der Waals surface area contributed by atoms with Crippen molar-refractivity contribution in [1.29, 1.82) is 0 Å². The van der Waals surface area contributed by atoms with Crippen molar-refractivity contribution in [1.82, 2.24) is 24.3 Å². The predicted octanol–water partition coefficient (Wildman–Crippen LogP) is 9.91. The van der Waals surface area contributed by atoms with Gasteiger partial charge in [0.05, 0.1) is 0 Å². The zero-order valence-corrected chi connectivity index (χ0v) is 29.9. The van der Waals surface area contributed by atoms with Gasteiger partial charge in [0.2, 0.25) is 0 Å². The standard InChI is InChI=1S/C42H31N6O.Pt/c1-42(2,3)29-23-30(46-27-47-41(35-16-8-9-17-36(35)46)44-40(45-47)28-13-5-4-6-14-28)25-32(24-29)49-31-20-21-34-33-15-7-10-18-37(33)48(38(34)26-31)39-19-11-12-22-43-39;/h4-24,27H,1-3H3;/q-3;. The number of para-hydroxylation sites is 2. The molecule has 0 aliphatic carbocycles. The molecule has 0 saturated carbocycles. The Kier molecular flexibility index (Phi) is 7.80. The van der Waals surface area contributed by atoms with Crippen LogP contribution in [0.1, 0.15) is 26.3 Å². The number of ether oxygens (including phenoxy) is 1. The zero-order chi connectivity index (χ0) is 33.1. The third kappa shape index (κ3) is 5.44.